The number of hydrogen-bond donors (Lipinski definition) is 1. The van der Waals surface area contributed by atoms with Gasteiger partial charge >= 0.3 is 0 Å². The van der Waals surface area contributed by atoms with Crippen molar-refractivity contribution in [2.24, 2.45) is 0 Å². The maximum atomic E-state index is 11.5. The van der Waals surface area contributed by atoms with Gasteiger partial charge < -0.3 is 10.1 Å². The van der Waals surface area contributed by atoms with Crippen LogP contribution in [-0.2, 0) is 16.3 Å². The fourth-order valence-electron chi connectivity index (χ4n) is 2.67. The molecule has 5 heteroatoms. The zero-order chi connectivity index (χ0) is 14.6. The number of sulfone groups is 1. The molecule has 0 aliphatic heterocycles. The molecule has 0 aromatic heterocycles. The van der Waals surface area contributed by atoms with Gasteiger partial charge in [0, 0.05) is 11.8 Å². The molecule has 2 rings (SSSR count). The third-order valence-corrected chi connectivity index (χ3v) is 5.57. The Balaban J connectivity index is 2.10. The molecule has 0 bridgehead atoms. The largest absolute Gasteiger partial charge is 0.492 e. The van der Waals surface area contributed by atoms with E-state index < -0.39 is 9.84 Å². The molecule has 1 aromatic rings. The van der Waals surface area contributed by atoms with Gasteiger partial charge in [0.2, 0.25) is 0 Å². The molecule has 1 N–H and O–H groups in total. The van der Waals surface area contributed by atoms with E-state index in [9.17, 15) is 8.42 Å². The van der Waals surface area contributed by atoms with Gasteiger partial charge in [-0.3, -0.25) is 0 Å². The number of fused-ring (bicyclic) bond motifs is 1. The summed E-state index contributed by atoms with van der Waals surface area (Å²) in [5, 5.41) is 3.33. The molecule has 1 aliphatic carbocycles. The predicted molar refractivity (Wildman–Crippen MR) is 81.0 cm³/mol. The van der Waals surface area contributed by atoms with Crippen molar-refractivity contribution < 1.29 is 13.2 Å². The summed E-state index contributed by atoms with van der Waals surface area (Å²) in [4.78, 5) is 0. The highest BCUT2D eigenvalue weighted by Crippen LogP contribution is 2.35. The molecular weight excluding hydrogens is 274 g/mol. The smallest absolute Gasteiger partial charge is 0.153 e. The number of ether oxygens (including phenoxy) is 1. The standard InChI is InChI=1S/C15H23NO3S/c1-3-20(17,18)11-10-19-15-9-5-6-12-13(15)7-4-8-14(12)16-2/h5-6,9,14,16H,3-4,7-8,10-11H2,1-2H3. The highest BCUT2D eigenvalue weighted by molar-refractivity contribution is 7.91. The van der Waals surface area contributed by atoms with E-state index in [1.165, 1.54) is 11.1 Å². The molecule has 0 amide bonds. The Bertz CT molecular complexity index is 554. The summed E-state index contributed by atoms with van der Waals surface area (Å²) >= 11 is 0. The van der Waals surface area contributed by atoms with Crippen molar-refractivity contribution in [1.29, 1.82) is 0 Å². The van der Waals surface area contributed by atoms with Crippen LogP contribution in [0.1, 0.15) is 36.9 Å². The zero-order valence-corrected chi connectivity index (χ0v) is 13.0. The van der Waals surface area contributed by atoms with Crippen molar-refractivity contribution in [3.8, 4) is 5.75 Å². The number of nitrogens with one attached hydrogen (secondary N) is 1. The molecule has 0 radical (unpaired) electrons. The Morgan fingerprint density at radius 1 is 1.40 bits per heavy atom. The molecule has 0 fully saturated rings. The average Bonchev–Trinajstić information content (AvgIpc) is 2.46. The minimum atomic E-state index is -2.96. The van der Waals surface area contributed by atoms with Gasteiger partial charge in [-0.2, -0.15) is 0 Å². The quantitative estimate of drug-likeness (QED) is 0.873. The lowest BCUT2D eigenvalue weighted by molar-refractivity contribution is 0.333. The number of rotatable bonds is 6. The van der Waals surface area contributed by atoms with E-state index in [2.05, 4.69) is 11.4 Å². The topological polar surface area (TPSA) is 55.4 Å². The third kappa shape index (κ3) is 3.52. The van der Waals surface area contributed by atoms with Gasteiger partial charge in [0.15, 0.2) is 9.84 Å². The lowest BCUT2D eigenvalue weighted by Crippen LogP contribution is -2.22. The van der Waals surface area contributed by atoms with Crippen LogP contribution in [0.3, 0.4) is 0 Å². The van der Waals surface area contributed by atoms with Gasteiger partial charge in [0.25, 0.3) is 0 Å². The predicted octanol–water partition coefficient (Wildman–Crippen LogP) is 2.10. The summed E-state index contributed by atoms with van der Waals surface area (Å²) in [6, 6.07) is 6.43. The maximum Gasteiger partial charge on any atom is 0.153 e. The maximum absolute atomic E-state index is 11.5. The molecule has 112 valence electrons. The van der Waals surface area contributed by atoms with Gasteiger partial charge in [0.05, 0.1) is 5.75 Å². The van der Waals surface area contributed by atoms with Gasteiger partial charge in [0.1, 0.15) is 12.4 Å². The van der Waals surface area contributed by atoms with E-state index in [4.69, 9.17) is 4.74 Å². The first-order valence-electron chi connectivity index (χ1n) is 7.19. The second-order valence-corrected chi connectivity index (χ2v) is 7.61. The first-order chi connectivity index (χ1) is 9.57. The minimum Gasteiger partial charge on any atom is -0.492 e. The van der Waals surface area contributed by atoms with Crippen molar-refractivity contribution in [3.63, 3.8) is 0 Å². The molecule has 1 aromatic carbocycles. The van der Waals surface area contributed by atoms with Crippen molar-refractivity contribution in [2.75, 3.05) is 25.2 Å². The summed E-state index contributed by atoms with van der Waals surface area (Å²) < 4.78 is 28.7. The van der Waals surface area contributed by atoms with Crippen LogP contribution in [0, 0.1) is 0 Å². The van der Waals surface area contributed by atoms with E-state index in [0.717, 1.165) is 25.0 Å². The molecule has 20 heavy (non-hydrogen) atoms. The minimum absolute atomic E-state index is 0.0859. The van der Waals surface area contributed by atoms with Crippen molar-refractivity contribution in [1.82, 2.24) is 5.32 Å². The summed E-state index contributed by atoms with van der Waals surface area (Å²) in [6.07, 6.45) is 3.27. The highest BCUT2D eigenvalue weighted by Gasteiger charge is 2.21. The summed E-state index contributed by atoms with van der Waals surface area (Å²) in [6.45, 7) is 1.90. The van der Waals surface area contributed by atoms with Gasteiger partial charge in [-0.15, -0.1) is 0 Å². The summed E-state index contributed by atoms with van der Waals surface area (Å²) in [5.41, 5.74) is 2.52. The van der Waals surface area contributed by atoms with E-state index in [1.54, 1.807) is 6.92 Å². The zero-order valence-electron chi connectivity index (χ0n) is 12.2. The fraction of sp³-hybridized carbons (Fsp3) is 0.600. The first kappa shape index (κ1) is 15.3. The van der Waals surface area contributed by atoms with Crippen LogP contribution in [0.2, 0.25) is 0 Å². The van der Waals surface area contributed by atoms with Gasteiger partial charge in [-0.25, -0.2) is 8.42 Å². The van der Waals surface area contributed by atoms with Crippen LogP contribution in [0.15, 0.2) is 18.2 Å². The van der Waals surface area contributed by atoms with E-state index in [-0.39, 0.29) is 18.1 Å². The average molecular weight is 297 g/mol. The van der Waals surface area contributed by atoms with Crippen molar-refractivity contribution in [2.45, 2.75) is 32.2 Å². The van der Waals surface area contributed by atoms with Crippen LogP contribution >= 0.6 is 0 Å². The van der Waals surface area contributed by atoms with E-state index in [0.29, 0.717) is 6.04 Å². The lowest BCUT2D eigenvalue weighted by Gasteiger charge is -2.26. The lowest BCUT2D eigenvalue weighted by atomic mass is 9.87. The van der Waals surface area contributed by atoms with Crippen LogP contribution in [0.5, 0.6) is 5.75 Å². The van der Waals surface area contributed by atoms with E-state index >= 15 is 0 Å². The van der Waals surface area contributed by atoms with Crippen LogP contribution < -0.4 is 10.1 Å². The van der Waals surface area contributed by atoms with Gasteiger partial charge in [-0.1, -0.05) is 19.1 Å². The Kier molecular flexibility index (Phi) is 5.05. The summed E-state index contributed by atoms with van der Waals surface area (Å²) in [5.74, 6) is 1.10. The fourth-order valence-corrected chi connectivity index (χ4v) is 3.30. The van der Waals surface area contributed by atoms with Crippen LogP contribution in [-0.4, -0.2) is 33.6 Å². The molecule has 1 aliphatic rings. The van der Waals surface area contributed by atoms with E-state index in [1.807, 2.05) is 19.2 Å². The van der Waals surface area contributed by atoms with Crippen molar-refractivity contribution in [3.05, 3.63) is 29.3 Å². The van der Waals surface area contributed by atoms with Crippen molar-refractivity contribution >= 4 is 9.84 Å². The molecule has 0 spiro atoms. The van der Waals surface area contributed by atoms with Crippen LogP contribution in [0.4, 0.5) is 0 Å². The molecular formula is C15H23NO3S. The Morgan fingerprint density at radius 2 is 2.20 bits per heavy atom. The Morgan fingerprint density at radius 3 is 2.90 bits per heavy atom. The Labute approximate surface area is 121 Å². The summed E-state index contributed by atoms with van der Waals surface area (Å²) in [7, 11) is -0.990. The molecule has 0 heterocycles. The second-order valence-electron chi connectivity index (χ2n) is 5.14. The number of benzene rings is 1. The van der Waals surface area contributed by atoms with Crippen LogP contribution in [0.25, 0.3) is 0 Å². The molecule has 0 saturated carbocycles. The monoisotopic (exact) mass is 297 g/mol. The molecule has 4 nitrogen and oxygen atoms in total. The highest BCUT2D eigenvalue weighted by atomic mass is 32.2. The third-order valence-electron chi connectivity index (χ3n) is 3.90. The normalized spacial score (nSPS) is 18.6. The molecule has 1 atom stereocenters. The number of hydrogen-bond acceptors (Lipinski definition) is 4. The Hall–Kier alpha value is -1.07. The SMILES string of the molecule is CCS(=O)(=O)CCOc1cccc2c1CCCC2NC. The van der Waals surface area contributed by atoms with Gasteiger partial charge in [-0.05, 0) is 43.5 Å². The second kappa shape index (κ2) is 6.59. The first-order valence-corrected chi connectivity index (χ1v) is 9.02. The molecule has 1 unspecified atom stereocenters. The molecule has 0 saturated heterocycles.